The average molecular weight is 433 g/mol. The van der Waals surface area contributed by atoms with Gasteiger partial charge in [0.25, 0.3) is 0 Å². The molecule has 0 spiro atoms. The SMILES string of the molecule is COc1ccccc1N1CCN(CCCCc2ccnn2CCCc2ccccc2)CC1. The first-order valence-corrected chi connectivity index (χ1v) is 12.0. The number of aromatic nitrogens is 2. The Morgan fingerprint density at radius 2 is 1.56 bits per heavy atom. The lowest BCUT2D eigenvalue weighted by atomic mass is 10.1. The van der Waals surface area contributed by atoms with Gasteiger partial charge in [-0.15, -0.1) is 0 Å². The van der Waals surface area contributed by atoms with Crippen molar-refractivity contribution in [3.63, 3.8) is 0 Å². The lowest BCUT2D eigenvalue weighted by molar-refractivity contribution is 0.252. The van der Waals surface area contributed by atoms with Crippen LogP contribution >= 0.6 is 0 Å². The molecular formula is C27H36N4O. The van der Waals surface area contributed by atoms with Gasteiger partial charge in [0.05, 0.1) is 12.8 Å². The Morgan fingerprint density at radius 3 is 2.38 bits per heavy atom. The molecule has 0 amide bonds. The van der Waals surface area contributed by atoms with Crippen molar-refractivity contribution < 1.29 is 4.74 Å². The zero-order valence-electron chi connectivity index (χ0n) is 19.3. The summed E-state index contributed by atoms with van der Waals surface area (Å²) >= 11 is 0. The normalized spacial score (nSPS) is 14.6. The predicted molar refractivity (Wildman–Crippen MR) is 132 cm³/mol. The summed E-state index contributed by atoms with van der Waals surface area (Å²) in [5.41, 5.74) is 4.00. The van der Waals surface area contributed by atoms with Crippen molar-refractivity contribution in [3.05, 3.63) is 78.1 Å². The molecule has 2 heterocycles. The third-order valence-electron chi connectivity index (χ3n) is 6.44. The average Bonchev–Trinajstić information content (AvgIpc) is 3.30. The molecule has 5 heteroatoms. The fourth-order valence-electron chi connectivity index (χ4n) is 4.60. The van der Waals surface area contributed by atoms with Crippen molar-refractivity contribution in [2.24, 2.45) is 0 Å². The molecule has 0 saturated carbocycles. The van der Waals surface area contributed by atoms with Gasteiger partial charge in [-0.25, -0.2) is 0 Å². The van der Waals surface area contributed by atoms with E-state index in [0.29, 0.717) is 0 Å². The van der Waals surface area contributed by atoms with Gasteiger partial charge in [-0.2, -0.15) is 5.10 Å². The Labute approximate surface area is 192 Å². The number of hydrogen-bond donors (Lipinski definition) is 0. The third-order valence-corrected chi connectivity index (χ3v) is 6.44. The molecule has 3 aromatic rings. The van der Waals surface area contributed by atoms with Gasteiger partial charge >= 0.3 is 0 Å². The van der Waals surface area contributed by atoms with Gasteiger partial charge < -0.3 is 9.64 Å². The van der Waals surface area contributed by atoms with Gasteiger partial charge in [0.15, 0.2) is 0 Å². The summed E-state index contributed by atoms with van der Waals surface area (Å²) in [5.74, 6) is 0.973. The molecule has 0 atom stereocenters. The van der Waals surface area contributed by atoms with E-state index >= 15 is 0 Å². The number of nitrogens with zero attached hydrogens (tertiary/aromatic N) is 4. The van der Waals surface area contributed by atoms with E-state index in [1.54, 1.807) is 7.11 Å². The number of benzene rings is 2. The number of rotatable bonds is 11. The number of aryl methyl sites for hydroxylation is 3. The second kappa shape index (κ2) is 11.7. The number of ether oxygens (including phenoxy) is 1. The molecule has 0 aliphatic carbocycles. The number of anilines is 1. The van der Waals surface area contributed by atoms with E-state index in [0.717, 1.165) is 57.7 Å². The Balaban J connectivity index is 1.14. The van der Waals surface area contributed by atoms with E-state index in [1.165, 1.54) is 36.3 Å². The van der Waals surface area contributed by atoms with Gasteiger partial charge in [-0.3, -0.25) is 9.58 Å². The van der Waals surface area contributed by atoms with Crippen LogP contribution in [-0.2, 0) is 19.4 Å². The Morgan fingerprint density at radius 1 is 0.781 bits per heavy atom. The van der Waals surface area contributed by atoms with E-state index in [2.05, 4.69) is 68.1 Å². The summed E-state index contributed by atoms with van der Waals surface area (Å²) in [7, 11) is 1.75. The van der Waals surface area contributed by atoms with Crippen molar-refractivity contribution in [2.75, 3.05) is 44.7 Å². The van der Waals surface area contributed by atoms with E-state index in [9.17, 15) is 0 Å². The van der Waals surface area contributed by atoms with Crippen LogP contribution in [0.2, 0.25) is 0 Å². The molecule has 2 aromatic carbocycles. The summed E-state index contributed by atoms with van der Waals surface area (Å²) in [6, 6.07) is 21.3. The Bertz CT molecular complexity index is 932. The summed E-state index contributed by atoms with van der Waals surface area (Å²) in [6.45, 7) is 6.55. The van der Waals surface area contributed by atoms with Crippen molar-refractivity contribution in [3.8, 4) is 5.75 Å². The molecule has 32 heavy (non-hydrogen) atoms. The monoisotopic (exact) mass is 432 g/mol. The van der Waals surface area contributed by atoms with E-state index < -0.39 is 0 Å². The predicted octanol–water partition coefficient (Wildman–Crippen LogP) is 4.67. The third kappa shape index (κ3) is 6.13. The quantitative estimate of drug-likeness (QED) is 0.412. The van der Waals surface area contributed by atoms with Crippen LogP contribution in [0.5, 0.6) is 5.75 Å². The standard InChI is InChI=1S/C27H36N4O/c1-32-27-15-6-5-14-26(27)30-22-20-29(21-23-30)18-8-7-13-25-16-17-28-31(25)19-9-12-24-10-3-2-4-11-24/h2-6,10-11,14-17H,7-9,12-13,18-23H2,1H3. The molecule has 4 rings (SSSR count). The van der Waals surface area contributed by atoms with Crippen molar-refractivity contribution in [1.82, 2.24) is 14.7 Å². The first kappa shape index (κ1) is 22.4. The Hall–Kier alpha value is -2.79. The van der Waals surface area contributed by atoms with Crippen LogP contribution in [0.4, 0.5) is 5.69 Å². The molecule has 0 unspecified atom stereocenters. The highest BCUT2D eigenvalue weighted by atomic mass is 16.5. The van der Waals surface area contributed by atoms with Crippen molar-refractivity contribution in [1.29, 1.82) is 0 Å². The Kier molecular flexibility index (Phi) is 8.21. The fourth-order valence-corrected chi connectivity index (χ4v) is 4.60. The van der Waals surface area contributed by atoms with Gasteiger partial charge in [-0.05, 0) is 62.4 Å². The van der Waals surface area contributed by atoms with Crippen LogP contribution < -0.4 is 9.64 Å². The molecule has 5 nitrogen and oxygen atoms in total. The van der Waals surface area contributed by atoms with Crippen LogP contribution in [-0.4, -0.2) is 54.5 Å². The first-order chi connectivity index (χ1) is 15.8. The summed E-state index contributed by atoms with van der Waals surface area (Å²) < 4.78 is 7.74. The fraction of sp³-hybridized carbons (Fsp3) is 0.444. The lowest BCUT2D eigenvalue weighted by Crippen LogP contribution is -2.46. The van der Waals surface area contributed by atoms with Gasteiger partial charge in [0.2, 0.25) is 0 Å². The number of hydrogen-bond acceptors (Lipinski definition) is 4. The summed E-state index contributed by atoms with van der Waals surface area (Å²) in [4.78, 5) is 5.05. The zero-order valence-corrected chi connectivity index (χ0v) is 19.3. The first-order valence-electron chi connectivity index (χ1n) is 12.0. The zero-order chi connectivity index (χ0) is 22.0. The minimum Gasteiger partial charge on any atom is -0.495 e. The highest BCUT2D eigenvalue weighted by Gasteiger charge is 2.19. The topological polar surface area (TPSA) is 33.5 Å². The molecule has 1 aliphatic heterocycles. The number of methoxy groups -OCH3 is 1. The molecule has 170 valence electrons. The molecule has 0 N–H and O–H groups in total. The highest BCUT2D eigenvalue weighted by molar-refractivity contribution is 5.58. The van der Waals surface area contributed by atoms with Crippen LogP contribution in [0.3, 0.4) is 0 Å². The van der Waals surface area contributed by atoms with Crippen LogP contribution in [0.25, 0.3) is 0 Å². The molecule has 1 aliphatic rings. The van der Waals surface area contributed by atoms with E-state index in [1.807, 2.05) is 18.3 Å². The van der Waals surface area contributed by atoms with Crippen LogP contribution in [0.15, 0.2) is 66.9 Å². The summed E-state index contributed by atoms with van der Waals surface area (Å²) in [5, 5.41) is 4.56. The second-order valence-electron chi connectivity index (χ2n) is 8.59. The summed E-state index contributed by atoms with van der Waals surface area (Å²) in [6.07, 6.45) is 7.78. The second-order valence-corrected chi connectivity index (χ2v) is 8.59. The minimum atomic E-state index is 0.973. The smallest absolute Gasteiger partial charge is 0.142 e. The number of unbranched alkanes of at least 4 members (excludes halogenated alkanes) is 1. The maximum absolute atomic E-state index is 5.53. The van der Waals surface area contributed by atoms with Crippen LogP contribution in [0, 0.1) is 0 Å². The van der Waals surface area contributed by atoms with E-state index in [4.69, 9.17) is 4.74 Å². The van der Waals surface area contributed by atoms with Gasteiger partial charge in [0.1, 0.15) is 5.75 Å². The molecule has 0 radical (unpaired) electrons. The van der Waals surface area contributed by atoms with E-state index in [-0.39, 0.29) is 0 Å². The van der Waals surface area contributed by atoms with Crippen LogP contribution in [0.1, 0.15) is 30.5 Å². The number of piperazine rings is 1. The van der Waals surface area contributed by atoms with Gasteiger partial charge in [0, 0.05) is 44.6 Å². The van der Waals surface area contributed by atoms with Crippen molar-refractivity contribution in [2.45, 2.75) is 38.6 Å². The molecule has 1 saturated heterocycles. The van der Waals surface area contributed by atoms with Gasteiger partial charge in [-0.1, -0.05) is 42.5 Å². The molecule has 1 aromatic heterocycles. The maximum atomic E-state index is 5.53. The lowest BCUT2D eigenvalue weighted by Gasteiger charge is -2.36. The molecule has 0 bridgehead atoms. The largest absolute Gasteiger partial charge is 0.495 e. The number of para-hydroxylation sites is 2. The minimum absolute atomic E-state index is 0.973. The molecule has 1 fully saturated rings. The molecular weight excluding hydrogens is 396 g/mol. The van der Waals surface area contributed by atoms with Crippen molar-refractivity contribution >= 4 is 5.69 Å². The highest BCUT2D eigenvalue weighted by Crippen LogP contribution is 2.28. The maximum Gasteiger partial charge on any atom is 0.142 e.